The number of aliphatic carboxylic acids is 1. The summed E-state index contributed by atoms with van der Waals surface area (Å²) in [5.74, 6) is -1.51. The lowest BCUT2D eigenvalue weighted by Gasteiger charge is -2.25. The van der Waals surface area contributed by atoms with Gasteiger partial charge in [0.1, 0.15) is 0 Å². The van der Waals surface area contributed by atoms with Gasteiger partial charge in [0.05, 0.1) is 5.29 Å². The summed E-state index contributed by atoms with van der Waals surface area (Å²) in [6.45, 7) is 1.41. The van der Waals surface area contributed by atoms with E-state index in [0.29, 0.717) is 0 Å². The Kier molecular flexibility index (Phi) is 2.90. The molecule has 0 aliphatic heterocycles. The average Bonchev–Trinajstić information content (AvgIpc) is 2.01. The third-order valence-electron chi connectivity index (χ3n) is 1.34. The second-order valence-electron chi connectivity index (χ2n) is 1.95. The molecule has 0 heterocycles. The van der Waals surface area contributed by atoms with Crippen LogP contribution in [-0.4, -0.2) is 27.1 Å². The van der Waals surface area contributed by atoms with E-state index in [-0.39, 0.29) is 11.6 Å². The van der Waals surface area contributed by atoms with E-state index >= 15 is 0 Å². The van der Waals surface area contributed by atoms with Crippen molar-refractivity contribution in [2.45, 2.75) is 19.0 Å². The summed E-state index contributed by atoms with van der Waals surface area (Å²) < 4.78 is 0. The highest BCUT2D eigenvalue weighted by Gasteiger charge is 2.39. The zero-order chi connectivity index (χ0) is 9.07. The van der Waals surface area contributed by atoms with E-state index in [1.165, 1.54) is 6.92 Å². The van der Waals surface area contributed by atoms with Crippen LogP contribution in [0.1, 0.15) is 13.3 Å². The molecule has 11 heavy (non-hydrogen) atoms. The molecule has 0 aromatic heterocycles. The first-order valence-electron chi connectivity index (χ1n) is 2.83. The van der Waals surface area contributed by atoms with E-state index in [2.05, 4.69) is 0 Å². The highest BCUT2D eigenvalue weighted by Crippen LogP contribution is 2.10. The number of hydrogen-bond donors (Lipinski definition) is 3. The zero-order valence-corrected chi connectivity index (χ0v) is 5.89. The van der Waals surface area contributed by atoms with Crippen molar-refractivity contribution in [1.29, 1.82) is 0 Å². The zero-order valence-electron chi connectivity index (χ0n) is 5.89. The van der Waals surface area contributed by atoms with E-state index in [1.807, 2.05) is 5.29 Å². The van der Waals surface area contributed by atoms with Crippen molar-refractivity contribution in [1.82, 2.24) is 5.17 Å². The van der Waals surface area contributed by atoms with E-state index in [1.54, 1.807) is 0 Å². The first kappa shape index (κ1) is 9.79. The van der Waals surface area contributed by atoms with Gasteiger partial charge < -0.3 is 5.11 Å². The van der Waals surface area contributed by atoms with Crippen LogP contribution >= 0.6 is 0 Å². The van der Waals surface area contributed by atoms with Crippen LogP contribution in [0.25, 0.3) is 0 Å². The van der Waals surface area contributed by atoms with Gasteiger partial charge >= 0.3 is 5.97 Å². The number of carboxylic acids is 1. The fourth-order valence-corrected chi connectivity index (χ4v) is 0.451. The molecule has 0 rings (SSSR count). The molecule has 0 saturated carbocycles. The maximum Gasteiger partial charge on any atom is 0.348 e. The monoisotopic (exact) mass is 163 g/mol. The summed E-state index contributed by atoms with van der Waals surface area (Å²) in [5, 5.41) is 18.7. The fraction of sp³-hybridized carbons (Fsp3) is 0.750. The Bertz CT molecular complexity index is 173. The third-order valence-corrected chi connectivity index (χ3v) is 1.34. The minimum absolute atomic E-state index is 0.134. The van der Waals surface area contributed by atoms with Crippen molar-refractivity contribution in [3.8, 4) is 0 Å². The molecule has 0 spiro atoms. The second kappa shape index (κ2) is 3.26. The summed E-state index contributed by atoms with van der Waals surface area (Å²) >= 11 is 0. The molecule has 0 aliphatic rings. The van der Waals surface area contributed by atoms with Crippen LogP contribution in [0.15, 0.2) is 5.29 Å². The lowest BCUT2D eigenvalue weighted by Crippen LogP contribution is -2.57. The summed E-state index contributed by atoms with van der Waals surface area (Å²) in [7, 11) is 0. The average molecular weight is 163 g/mol. The minimum atomic E-state index is -2.12. The van der Waals surface area contributed by atoms with Gasteiger partial charge in [0.2, 0.25) is 5.66 Å². The molecule has 64 valence electrons. The van der Waals surface area contributed by atoms with Crippen molar-refractivity contribution < 1.29 is 15.1 Å². The largest absolute Gasteiger partial charge is 0.478 e. The molecule has 0 aromatic rings. The molecule has 1 atom stereocenters. The van der Waals surface area contributed by atoms with Crippen LogP contribution in [0.5, 0.6) is 0 Å². The Labute approximate surface area is 62.3 Å². The predicted octanol–water partition coefficient (Wildman–Crippen LogP) is -0.491. The Morgan fingerprint density at radius 3 is 2.36 bits per heavy atom. The normalized spacial score (nSPS) is 15.2. The van der Waals surface area contributed by atoms with Gasteiger partial charge in [-0.25, -0.2) is 4.79 Å². The molecule has 0 aliphatic carbocycles. The summed E-state index contributed by atoms with van der Waals surface area (Å²) in [4.78, 5) is 20.0. The molecule has 1 unspecified atom stereocenters. The molecule has 4 N–H and O–H groups in total. The van der Waals surface area contributed by atoms with Gasteiger partial charge in [-0.05, 0) is 6.42 Å². The first-order chi connectivity index (χ1) is 4.99. The minimum Gasteiger partial charge on any atom is -0.478 e. The van der Waals surface area contributed by atoms with Crippen molar-refractivity contribution in [3.05, 3.63) is 4.91 Å². The van der Waals surface area contributed by atoms with Gasteiger partial charge in [-0.15, -0.1) is 10.1 Å². The molecule has 7 nitrogen and oxygen atoms in total. The van der Waals surface area contributed by atoms with E-state index < -0.39 is 11.6 Å². The van der Waals surface area contributed by atoms with Gasteiger partial charge in [-0.1, -0.05) is 6.92 Å². The highest BCUT2D eigenvalue weighted by molar-refractivity contribution is 5.77. The molecule has 0 amide bonds. The topological polar surface area (TPSA) is 116 Å². The predicted molar refractivity (Wildman–Crippen MR) is 34.3 cm³/mol. The van der Waals surface area contributed by atoms with Crippen molar-refractivity contribution in [2.24, 2.45) is 11.0 Å². The number of nitrogens with two attached hydrogens (primary N) is 1. The number of carboxylic acid groups (broad SMARTS) is 1. The summed E-state index contributed by atoms with van der Waals surface area (Å²) in [6.07, 6.45) is -0.134. The first-order valence-corrected chi connectivity index (χ1v) is 2.83. The SMILES string of the molecule is CCC(N)(C(=O)O)N(O)N=O. The molecule has 0 saturated heterocycles. The van der Waals surface area contributed by atoms with Crippen LogP contribution in [-0.2, 0) is 4.79 Å². The van der Waals surface area contributed by atoms with Crippen LogP contribution in [0.3, 0.4) is 0 Å². The Morgan fingerprint density at radius 2 is 2.27 bits per heavy atom. The number of hydrogen-bond acceptors (Lipinski definition) is 5. The van der Waals surface area contributed by atoms with Gasteiger partial charge in [-0.2, -0.15) is 0 Å². The quantitative estimate of drug-likeness (QED) is 0.292. The smallest absolute Gasteiger partial charge is 0.348 e. The van der Waals surface area contributed by atoms with E-state index in [4.69, 9.17) is 16.0 Å². The number of rotatable bonds is 4. The van der Waals surface area contributed by atoms with E-state index in [0.717, 1.165) is 0 Å². The van der Waals surface area contributed by atoms with Gasteiger partial charge in [0.15, 0.2) is 0 Å². The van der Waals surface area contributed by atoms with Crippen LogP contribution in [0, 0.1) is 4.91 Å². The summed E-state index contributed by atoms with van der Waals surface area (Å²) in [5.41, 5.74) is 2.95. The fourth-order valence-electron chi connectivity index (χ4n) is 0.451. The number of nitroso groups, excluding NO2 is 1. The maximum absolute atomic E-state index is 10.3. The third kappa shape index (κ3) is 1.63. The van der Waals surface area contributed by atoms with Gasteiger partial charge in [-0.3, -0.25) is 10.9 Å². The Morgan fingerprint density at radius 1 is 1.82 bits per heavy atom. The standard InChI is InChI=1S/C4H9N3O4/c1-2-4(5,3(8)9)7(11)6-10/h11H,2,5H2,1H3,(H,8,9). The number of nitrogens with zero attached hydrogens (tertiary/aromatic N) is 2. The van der Waals surface area contributed by atoms with Crippen LogP contribution < -0.4 is 5.73 Å². The van der Waals surface area contributed by atoms with Crippen LogP contribution in [0.2, 0.25) is 0 Å². The summed E-state index contributed by atoms with van der Waals surface area (Å²) in [6, 6.07) is 0. The Balaban J connectivity index is 4.58. The molecule has 7 heteroatoms. The number of hydroxylamine groups is 1. The van der Waals surface area contributed by atoms with Crippen molar-refractivity contribution in [3.63, 3.8) is 0 Å². The Hall–Kier alpha value is -1.21. The van der Waals surface area contributed by atoms with Crippen molar-refractivity contribution >= 4 is 5.97 Å². The molecule has 0 bridgehead atoms. The second-order valence-corrected chi connectivity index (χ2v) is 1.95. The van der Waals surface area contributed by atoms with Gasteiger partial charge in [0.25, 0.3) is 0 Å². The number of carbonyl (C=O) groups is 1. The molecular formula is C4H9N3O4. The lowest BCUT2D eigenvalue weighted by atomic mass is 10.1. The molecule has 0 fully saturated rings. The molecule has 0 aromatic carbocycles. The van der Waals surface area contributed by atoms with Crippen molar-refractivity contribution in [2.75, 3.05) is 0 Å². The van der Waals surface area contributed by atoms with Gasteiger partial charge in [0, 0.05) is 0 Å². The van der Waals surface area contributed by atoms with Crippen LogP contribution in [0.4, 0.5) is 0 Å². The highest BCUT2D eigenvalue weighted by atomic mass is 16.6. The molecular weight excluding hydrogens is 154 g/mol. The van der Waals surface area contributed by atoms with E-state index in [9.17, 15) is 9.70 Å². The lowest BCUT2D eigenvalue weighted by molar-refractivity contribution is -0.199. The maximum atomic E-state index is 10.3. The molecule has 0 radical (unpaired) electrons.